The second-order valence-electron chi connectivity index (χ2n) is 2.21. The molecule has 0 aliphatic heterocycles. The van der Waals surface area contributed by atoms with Gasteiger partial charge in [-0.05, 0) is 12.8 Å². The van der Waals surface area contributed by atoms with Gasteiger partial charge in [0.1, 0.15) is 0 Å². The van der Waals surface area contributed by atoms with Gasteiger partial charge in [-0.1, -0.05) is 12.8 Å². The molecule has 0 spiro atoms. The van der Waals surface area contributed by atoms with E-state index in [1.54, 1.807) is 0 Å². The van der Waals surface area contributed by atoms with E-state index >= 15 is 0 Å². The summed E-state index contributed by atoms with van der Waals surface area (Å²) in [6.45, 7) is 0. The molecule has 1 atom stereocenters. The van der Waals surface area contributed by atoms with E-state index in [-0.39, 0.29) is 6.10 Å². The molecule has 0 aromatic rings. The van der Waals surface area contributed by atoms with Crippen LogP contribution in [0, 0.1) is 0 Å². The maximum Gasteiger partial charge on any atom is 0.0844 e. The highest BCUT2D eigenvalue weighted by molar-refractivity contribution is 7.74. The average Bonchev–Trinajstić information content (AvgIpc) is 2.15. The maximum atomic E-state index is 9.93. The minimum Gasteiger partial charge on any atom is -0.750 e. The predicted molar refractivity (Wildman–Crippen MR) is 32.3 cm³/mol. The van der Waals surface area contributed by atoms with Crippen molar-refractivity contribution in [3.05, 3.63) is 0 Å². The molecule has 1 saturated carbocycles. The van der Waals surface area contributed by atoms with Crippen LogP contribution in [0.25, 0.3) is 0 Å². The third-order valence-electron chi connectivity index (χ3n) is 1.52. The summed E-state index contributed by atoms with van der Waals surface area (Å²) >= 11 is -2.31. The highest BCUT2D eigenvalue weighted by atomic mass is 32.2. The van der Waals surface area contributed by atoms with Crippen LogP contribution in [0.2, 0.25) is 0 Å². The van der Waals surface area contributed by atoms with Crippen LogP contribution >= 0.6 is 0 Å². The van der Waals surface area contributed by atoms with Crippen molar-refractivity contribution in [2.75, 3.05) is 0 Å². The first kappa shape index (κ1) is 7.18. The molecule has 0 heterocycles. The van der Waals surface area contributed by atoms with Crippen molar-refractivity contribution < 1.29 is 12.9 Å². The zero-order chi connectivity index (χ0) is 6.69. The fourth-order valence-corrected chi connectivity index (χ4v) is 1.51. The van der Waals surface area contributed by atoms with Gasteiger partial charge in [0.25, 0.3) is 0 Å². The summed E-state index contributed by atoms with van der Waals surface area (Å²) in [5.41, 5.74) is 0. The lowest BCUT2D eigenvalue weighted by atomic mass is 10.3. The standard InChI is InChI=1S/C5H10O3S/c6-9(7)8-5-3-1-2-4-5/h5H,1-4H2,(H,6,7)/p-1. The summed E-state index contributed by atoms with van der Waals surface area (Å²) in [5.74, 6) is 0. The lowest BCUT2D eigenvalue weighted by Gasteiger charge is -2.10. The highest BCUT2D eigenvalue weighted by Gasteiger charge is 2.15. The molecule has 0 bridgehead atoms. The van der Waals surface area contributed by atoms with E-state index in [4.69, 9.17) is 0 Å². The van der Waals surface area contributed by atoms with Crippen molar-refractivity contribution in [3.63, 3.8) is 0 Å². The predicted octanol–water partition coefficient (Wildman–Crippen LogP) is 0.740. The molecule has 0 N–H and O–H groups in total. The molecular formula is C5H9O3S-. The van der Waals surface area contributed by atoms with E-state index in [2.05, 4.69) is 4.18 Å². The third-order valence-corrected chi connectivity index (χ3v) is 1.95. The largest absolute Gasteiger partial charge is 0.750 e. The average molecular weight is 149 g/mol. The Hall–Kier alpha value is 0.0700. The van der Waals surface area contributed by atoms with Gasteiger partial charge in [0.2, 0.25) is 0 Å². The Balaban J connectivity index is 2.19. The summed E-state index contributed by atoms with van der Waals surface area (Å²) in [5, 5.41) is 0. The van der Waals surface area contributed by atoms with E-state index in [9.17, 15) is 8.76 Å². The summed E-state index contributed by atoms with van der Waals surface area (Å²) in [6, 6.07) is 0. The topological polar surface area (TPSA) is 49.4 Å². The van der Waals surface area contributed by atoms with E-state index in [1.165, 1.54) is 0 Å². The Morgan fingerprint density at radius 3 is 2.44 bits per heavy atom. The van der Waals surface area contributed by atoms with Crippen LogP contribution in [0.15, 0.2) is 0 Å². The zero-order valence-corrected chi connectivity index (χ0v) is 5.86. The fraction of sp³-hybridized carbons (Fsp3) is 1.00. The van der Waals surface area contributed by atoms with Crippen LogP contribution in [-0.2, 0) is 15.5 Å². The van der Waals surface area contributed by atoms with Gasteiger partial charge in [0.15, 0.2) is 0 Å². The van der Waals surface area contributed by atoms with Gasteiger partial charge in [0.05, 0.1) is 17.5 Å². The highest BCUT2D eigenvalue weighted by Crippen LogP contribution is 2.21. The minimum absolute atomic E-state index is 0.0247. The summed E-state index contributed by atoms with van der Waals surface area (Å²) in [4.78, 5) is 0. The number of rotatable bonds is 2. The molecule has 1 aliphatic rings. The fourth-order valence-electron chi connectivity index (χ4n) is 1.10. The van der Waals surface area contributed by atoms with Gasteiger partial charge < -0.3 is 4.55 Å². The molecule has 0 saturated heterocycles. The molecule has 3 nitrogen and oxygen atoms in total. The maximum absolute atomic E-state index is 9.93. The first-order chi connectivity index (χ1) is 4.29. The van der Waals surface area contributed by atoms with E-state index in [1.807, 2.05) is 0 Å². The molecular weight excluding hydrogens is 140 g/mol. The molecule has 1 rings (SSSR count). The molecule has 1 aliphatic carbocycles. The van der Waals surface area contributed by atoms with Crippen LogP contribution in [0.4, 0.5) is 0 Å². The zero-order valence-electron chi connectivity index (χ0n) is 5.04. The van der Waals surface area contributed by atoms with Gasteiger partial charge >= 0.3 is 0 Å². The van der Waals surface area contributed by atoms with E-state index in [0.717, 1.165) is 25.7 Å². The van der Waals surface area contributed by atoms with Gasteiger partial charge in [-0.25, -0.2) is 4.21 Å². The van der Waals surface area contributed by atoms with Crippen LogP contribution in [-0.4, -0.2) is 14.9 Å². The molecule has 4 heteroatoms. The molecule has 0 aromatic heterocycles. The molecule has 0 amide bonds. The molecule has 54 valence electrons. The van der Waals surface area contributed by atoms with Crippen molar-refractivity contribution in [1.82, 2.24) is 0 Å². The van der Waals surface area contributed by atoms with Crippen LogP contribution < -0.4 is 0 Å². The molecule has 9 heavy (non-hydrogen) atoms. The lowest BCUT2D eigenvalue weighted by molar-refractivity contribution is 0.208. The Kier molecular flexibility index (Phi) is 2.63. The van der Waals surface area contributed by atoms with Crippen molar-refractivity contribution in [3.8, 4) is 0 Å². The van der Waals surface area contributed by atoms with Crippen LogP contribution in [0.5, 0.6) is 0 Å². The monoisotopic (exact) mass is 149 g/mol. The summed E-state index contributed by atoms with van der Waals surface area (Å²) < 4.78 is 24.4. The van der Waals surface area contributed by atoms with Crippen LogP contribution in [0.3, 0.4) is 0 Å². The van der Waals surface area contributed by atoms with Gasteiger partial charge in [-0.2, -0.15) is 0 Å². The Morgan fingerprint density at radius 2 is 2.00 bits per heavy atom. The quantitative estimate of drug-likeness (QED) is 0.544. The second-order valence-corrected chi connectivity index (χ2v) is 2.81. The SMILES string of the molecule is O=S([O-])OC1CCCC1. The van der Waals surface area contributed by atoms with E-state index in [0.29, 0.717) is 0 Å². The normalized spacial score (nSPS) is 24.6. The molecule has 0 radical (unpaired) electrons. The van der Waals surface area contributed by atoms with Crippen molar-refractivity contribution >= 4 is 11.4 Å². The van der Waals surface area contributed by atoms with Crippen molar-refractivity contribution in [2.45, 2.75) is 31.8 Å². The third kappa shape index (κ3) is 2.43. The Bertz CT molecular complexity index is 109. The first-order valence-corrected chi connectivity index (χ1v) is 4.05. The molecule has 1 fully saturated rings. The Labute approximate surface area is 56.9 Å². The van der Waals surface area contributed by atoms with Gasteiger partial charge in [0, 0.05) is 0 Å². The summed E-state index contributed by atoms with van der Waals surface area (Å²) in [7, 11) is 0. The van der Waals surface area contributed by atoms with Crippen molar-refractivity contribution in [2.24, 2.45) is 0 Å². The van der Waals surface area contributed by atoms with E-state index < -0.39 is 11.4 Å². The Morgan fingerprint density at radius 1 is 1.44 bits per heavy atom. The van der Waals surface area contributed by atoms with Gasteiger partial charge in [-0.15, -0.1) is 0 Å². The van der Waals surface area contributed by atoms with Crippen molar-refractivity contribution in [1.29, 1.82) is 0 Å². The smallest absolute Gasteiger partial charge is 0.0844 e. The first-order valence-electron chi connectivity index (χ1n) is 3.05. The minimum atomic E-state index is -2.31. The lowest BCUT2D eigenvalue weighted by Crippen LogP contribution is -2.08. The molecule has 1 unspecified atom stereocenters. The number of hydrogen-bond acceptors (Lipinski definition) is 3. The molecule has 0 aromatic carbocycles. The summed E-state index contributed by atoms with van der Waals surface area (Å²) in [6.07, 6.45) is 3.97. The number of hydrogen-bond donors (Lipinski definition) is 0. The van der Waals surface area contributed by atoms with Crippen LogP contribution in [0.1, 0.15) is 25.7 Å². The second kappa shape index (κ2) is 3.29. The van der Waals surface area contributed by atoms with Gasteiger partial charge in [-0.3, -0.25) is 4.18 Å².